The lowest BCUT2D eigenvalue weighted by Crippen LogP contribution is -2.27. The number of rotatable bonds is 8. The van der Waals surface area contributed by atoms with Crippen LogP contribution in [0.25, 0.3) is 0 Å². The first-order valence-corrected chi connectivity index (χ1v) is 7.14. The second-order valence-electron chi connectivity index (χ2n) is 5.60. The fourth-order valence-electron chi connectivity index (χ4n) is 2.78. The van der Waals surface area contributed by atoms with Crippen LogP contribution in [-0.4, -0.2) is 16.7 Å². The second kappa shape index (κ2) is 7.29. The normalized spacial score (nSPS) is 29.8. The average Bonchev–Trinajstić information content (AvgIpc) is 2.58. The van der Waals surface area contributed by atoms with Gasteiger partial charge in [-0.25, -0.2) is 0 Å². The van der Waals surface area contributed by atoms with Gasteiger partial charge in [-0.15, -0.1) is 0 Å². The standard InChI is InChI=1S/C14H29NO/c1-2-3-4-5-6-7-8-10-14(16)11-9-13(15)12-14/h13,16H,2-12,15H2,1H3. The Morgan fingerprint density at radius 2 is 1.75 bits per heavy atom. The van der Waals surface area contributed by atoms with E-state index in [-0.39, 0.29) is 6.04 Å². The molecule has 0 heterocycles. The van der Waals surface area contributed by atoms with Crippen molar-refractivity contribution in [1.82, 2.24) is 0 Å². The smallest absolute Gasteiger partial charge is 0.0663 e. The Bertz CT molecular complexity index is 184. The molecule has 1 rings (SSSR count). The van der Waals surface area contributed by atoms with Crippen molar-refractivity contribution in [3.05, 3.63) is 0 Å². The highest BCUT2D eigenvalue weighted by Gasteiger charge is 2.34. The fraction of sp³-hybridized carbons (Fsp3) is 1.00. The van der Waals surface area contributed by atoms with Crippen LogP contribution >= 0.6 is 0 Å². The number of aliphatic hydroxyl groups is 1. The predicted octanol–water partition coefficient (Wildman–Crippen LogP) is 3.37. The summed E-state index contributed by atoms with van der Waals surface area (Å²) in [5.74, 6) is 0. The first-order chi connectivity index (χ1) is 7.66. The molecule has 1 fully saturated rings. The van der Waals surface area contributed by atoms with Gasteiger partial charge in [0.15, 0.2) is 0 Å². The van der Waals surface area contributed by atoms with E-state index in [4.69, 9.17) is 5.73 Å². The molecule has 0 saturated heterocycles. The van der Waals surface area contributed by atoms with Gasteiger partial charge in [-0.05, 0) is 25.7 Å². The van der Waals surface area contributed by atoms with Crippen molar-refractivity contribution in [2.75, 3.05) is 0 Å². The molecule has 1 aliphatic rings. The SMILES string of the molecule is CCCCCCCCCC1(O)CCC(N)C1. The number of unbranched alkanes of at least 4 members (excludes halogenated alkanes) is 6. The van der Waals surface area contributed by atoms with Gasteiger partial charge in [0, 0.05) is 6.04 Å². The summed E-state index contributed by atoms with van der Waals surface area (Å²) in [7, 11) is 0. The maximum atomic E-state index is 10.2. The van der Waals surface area contributed by atoms with Crippen molar-refractivity contribution in [1.29, 1.82) is 0 Å². The first-order valence-electron chi connectivity index (χ1n) is 7.14. The van der Waals surface area contributed by atoms with Gasteiger partial charge >= 0.3 is 0 Å². The Hall–Kier alpha value is -0.0800. The second-order valence-corrected chi connectivity index (χ2v) is 5.60. The Kier molecular flexibility index (Phi) is 6.37. The minimum atomic E-state index is -0.414. The molecule has 2 unspecified atom stereocenters. The summed E-state index contributed by atoms with van der Waals surface area (Å²) in [6, 6.07) is 0.245. The molecule has 0 bridgehead atoms. The molecule has 0 radical (unpaired) electrons. The Balaban J connectivity index is 1.94. The zero-order chi connectivity index (χ0) is 11.9. The van der Waals surface area contributed by atoms with Gasteiger partial charge in [-0.3, -0.25) is 0 Å². The Labute approximate surface area is 101 Å². The van der Waals surface area contributed by atoms with E-state index in [1.807, 2.05) is 0 Å². The average molecular weight is 227 g/mol. The lowest BCUT2D eigenvalue weighted by atomic mass is 9.94. The highest BCUT2D eigenvalue weighted by atomic mass is 16.3. The summed E-state index contributed by atoms with van der Waals surface area (Å²) in [6.45, 7) is 2.25. The van der Waals surface area contributed by atoms with Crippen molar-refractivity contribution < 1.29 is 5.11 Å². The highest BCUT2D eigenvalue weighted by molar-refractivity contribution is 4.90. The largest absolute Gasteiger partial charge is 0.390 e. The van der Waals surface area contributed by atoms with Crippen molar-refractivity contribution >= 4 is 0 Å². The molecule has 1 saturated carbocycles. The third kappa shape index (κ3) is 5.31. The Morgan fingerprint density at radius 1 is 1.12 bits per heavy atom. The predicted molar refractivity (Wildman–Crippen MR) is 69.4 cm³/mol. The highest BCUT2D eigenvalue weighted by Crippen LogP contribution is 2.33. The van der Waals surface area contributed by atoms with Gasteiger partial charge in [0.2, 0.25) is 0 Å². The maximum Gasteiger partial charge on any atom is 0.0663 e. The summed E-state index contributed by atoms with van der Waals surface area (Å²) in [4.78, 5) is 0. The maximum absolute atomic E-state index is 10.2. The van der Waals surface area contributed by atoms with E-state index in [0.29, 0.717) is 0 Å². The van der Waals surface area contributed by atoms with Crippen LogP contribution in [0.15, 0.2) is 0 Å². The lowest BCUT2D eigenvalue weighted by Gasteiger charge is -2.22. The van der Waals surface area contributed by atoms with Crippen molar-refractivity contribution in [3.63, 3.8) is 0 Å². The van der Waals surface area contributed by atoms with Crippen molar-refractivity contribution in [2.45, 2.75) is 89.2 Å². The molecule has 2 nitrogen and oxygen atoms in total. The zero-order valence-corrected chi connectivity index (χ0v) is 10.9. The molecule has 0 aromatic heterocycles. The van der Waals surface area contributed by atoms with Crippen LogP contribution in [0, 0.1) is 0 Å². The minimum Gasteiger partial charge on any atom is -0.390 e. The van der Waals surface area contributed by atoms with E-state index >= 15 is 0 Å². The summed E-state index contributed by atoms with van der Waals surface area (Å²) in [5.41, 5.74) is 5.42. The third-order valence-corrected chi connectivity index (χ3v) is 3.87. The third-order valence-electron chi connectivity index (χ3n) is 3.87. The number of hydrogen-bond donors (Lipinski definition) is 2. The van der Waals surface area contributed by atoms with E-state index < -0.39 is 5.60 Å². The molecule has 2 heteroatoms. The summed E-state index contributed by atoms with van der Waals surface area (Å²) in [6.07, 6.45) is 12.9. The molecule has 2 atom stereocenters. The van der Waals surface area contributed by atoms with Gasteiger partial charge in [0.25, 0.3) is 0 Å². The first kappa shape index (κ1) is 14.0. The molecule has 0 aliphatic heterocycles. The molecule has 0 amide bonds. The number of hydrogen-bond acceptors (Lipinski definition) is 2. The van der Waals surface area contributed by atoms with Gasteiger partial charge in [0.05, 0.1) is 5.60 Å². The molecule has 3 N–H and O–H groups in total. The van der Waals surface area contributed by atoms with E-state index in [1.54, 1.807) is 0 Å². The van der Waals surface area contributed by atoms with Crippen LogP contribution in [0.2, 0.25) is 0 Å². The molecule has 0 aromatic carbocycles. The van der Waals surface area contributed by atoms with Crippen molar-refractivity contribution in [3.8, 4) is 0 Å². The van der Waals surface area contributed by atoms with Crippen LogP contribution in [0.5, 0.6) is 0 Å². The van der Waals surface area contributed by atoms with Gasteiger partial charge in [-0.2, -0.15) is 0 Å². The van der Waals surface area contributed by atoms with Crippen LogP contribution in [-0.2, 0) is 0 Å². The molecular formula is C14H29NO. The molecule has 1 aliphatic carbocycles. The van der Waals surface area contributed by atoms with Crippen LogP contribution in [0.4, 0.5) is 0 Å². The fourth-order valence-corrected chi connectivity index (χ4v) is 2.78. The van der Waals surface area contributed by atoms with E-state index in [1.165, 1.54) is 44.9 Å². The molecule has 0 spiro atoms. The topological polar surface area (TPSA) is 46.2 Å². The van der Waals surface area contributed by atoms with Gasteiger partial charge < -0.3 is 10.8 Å². The lowest BCUT2D eigenvalue weighted by molar-refractivity contribution is 0.0349. The van der Waals surface area contributed by atoms with E-state index in [2.05, 4.69) is 6.92 Å². The molecule has 16 heavy (non-hydrogen) atoms. The van der Waals surface area contributed by atoms with Gasteiger partial charge in [0.1, 0.15) is 0 Å². The Morgan fingerprint density at radius 3 is 2.31 bits per heavy atom. The summed E-state index contributed by atoms with van der Waals surface area (Å²) >= 11 is 0. The van der Waals surface area contributed by atoms with Crippen molar-refractivity contribution in [2.24, 2.45) is 5.73 Å². The minimum absolute atomic E-state index is 0.245. The number of nitrogens with two attached hydrogens (primary N) is 1. The summed E-state index contributed by atoms with van der Waals surface area (Å²) < 4.78 is 0. The summed E-state index contributed by atoms with van der Waals surface area (Å²) in [5, 5.41) is 10.2. The monoisotopic (exact) mass is 227 g/mol. The van der Waals surface area contributed by atoms with Crippen LogP contribution in [0.1, 0.15) is 77.6 Å². The zero-order valence-electron chi connectivity index (χ0n) is 10.9. The van der Waals surface area contributed by atoms with Crippen LogP contribution < -0.4 is 5.73 Å². The van der Waals surface area contributed by atoms with Crippen LogP contribution in [0.3, 0.4) is 0 Å². The van der Waals surface area contributed by atoms with E-state index in [9.17, 15) is 5.11 Å². The molecule has 96 valence electrons. The molecule has 0 aromatic rings. The van der Waals surface area contributed by atoms with E-state index in [0.717, 1.165) is 25.7 Å². The van der Waals surface area contributed by atoms with Gasteiger partial charge in [-0.1, -0.05) is 51.9 Å². The molecular weight excluding hydrogens is 198 g/mol. The quantitative estimate of drug-likeness (QED) is 0.624.